The fourth-order valence-corrected chi connectivity index (χ4v) is 1.79. The van der Waals surface area contributed by atoms with Gasteiger partial charge in [-0.2, -0.15) is 0 Å². The van der Waals surface area contributed by atoms with Crippen LogP contribution in [0.4, 0.5) is 0 Å². The molecular weight excluding hydrogens is 236 g/mol. The monoisotopic (exact) mass is 252 g/mol. The summed E-state index contributed by atoms with van der Waals surface area (Å²) in [5, 5.41) is 0.294. The zero-order valence-corrected chi connectivity index (χ0v) is 11.4. The van der Waals surface area contributed by atoms with Crippen molar-refractivity contribution < 1.29 is 0 Å². The zero-order valence-electron chi connectivity index (χ0n) is 10.6. The molecule has 0 bridgehead atoms. The molecule has 0 aliphatic heterocycles. The lowest BCUT2D eigenvalue weighted by Gasteiger charge is -2.33. The minimum Gasteiger partial charge on any atom is -0.343 e. The van der Waals surface area contributed by atoms with E-state index in [4.69, 9.17) is 11.6 Å². The average Bonchev–Trinajstić information content (AvgIpc) is 2.60. The fourth-order valence-electron chi connectivity index (χ4n) is 1.65. The molecule has 0 radical (unpaired) electrons. The van der Waals surface area contributed by atoms with E-state index in [1.807, 2.05) is 12.3 Å². The molecule has 92 valence electrons. The molecule has 17 heavy (non-hydrogen) atoms. The number of rotatable bonds is 3. The van der Waals surface area contributed by atoms with Crippen molar-refractivity contribution in [2.45, 2.75) is 25.9 Å². The van der Waals surface area contributed by atoms with Crippen LogP contribution in [-0.4, -0.2) is 39.1 Å². The zero-order chi connectivity index (χ0) is 12.6. The maximum absolute atomic E-state index is 5.77. The third-order valence-corrected chi connectivity index (χ3v) is 3.44. The third kappa shape index (κ3) is 2.42. The Kier molecular flexibility index (Phi) is 3.10. The highest BCUT2D eigenvalue weighted by atomic mass is 35.5. The lowest BCUT2D eigenvalue weighted by Crippen LogP contribution is -2.41. The largest absolute Gasteiger partial charge is 0.343 e. The molecule has 0 amide bonds. The van der Waals surface area contributed by atoms with Gasteiger partial charge in [0.05, 0.1) is 17.2 Å². The van der Waals surface area contributed by atoms with E-state index in [0.29, 0.717) is 5.28 Å². The summed E-state index contributed by atoms with van der Waals surface area (Å²) in [4.78, 5) is 10.4. The van der Waals surface area contributed by atoms with Crippen molar-refractivity contribution in [3.05, 3.63) is 23.7 Å². The molecule has 4 nitrogen and oxygen atoms in total. The second-order valence-corrected chi connectivity index (χ2v) is 5.40. The highest BCUT2D eigenvalue weighted by Crippen LogP contribution is 2.19. The van der Waals surface area contributed by atoms with Gasteiger partial charge in [0.25, 0.3) is 0 Å². The molecule has 0 atom stereocenters. The Balaban J connectivity index is 2.37. The molecule has 2 heterocycles. The summed E-state index contributed by atoms with van der Waals surface area (Å²) in [6.45, 7) is 5.29. The van der Waals surface area contributed by atoms with Gasteiger partial charge < -0.3 is 9.47 Å². The van der Waals surface area contributed by atoms with Crippen LogP contribution in [0.25, 0.3) is 11.0 Å². The molecule has 2 aromatic heterocycles. The van der Waals surface area contributed by atoms with E-state index < -0.39 is 0 Å². The second-order valence-electron chi connectivity index (χ2n) is 5.06. The third-order valence-electron chi connectivity index (χ3n) is 3.26. The van der Waals surface area contributed by atoms with Crippen LogP contribution >= 0.6 is 11.6 Å². The van der Waals surface area contributed by atoms with Crippen LogP contribution in [0.3, 0.4) is 0 Å². The summed E-state index contributed by atoms with van der Waals surface area (Å²) in [6, 6.07) is 1.97. The summed E-state index contributed by atoms with van der Waals surface area (Å²) in [5.41, 5.74) is 1.98. The van der Waals surface area contributed by atoms with Crippen LogP contribution in [-0.2, 0) is 6.54 Å². The quantitative estimate of drug-likeness (QED) is 0.787. The van der Waals surface area contributed by atoms with Gasteiger partial charge in [0.2, 0.25) is 5.28 Å². The molecule has 0 aliphatic carbocycles. The maximum Gasteiger partial charge on any atom is 0.223 e. The van der Waals surface area contributed by atoms with E-state index in [1.54, 1.807) is 6.20 Å². The topological polar surface area (TPSA) is 34.0 Å². The normalized spacial score (nSPS) is 12.6. The molecule has 5 heteroatoms. The van der Waals surface area contributed by atoms with Gasteiger partial charge in [-0.05, 0) is 45.6 Å². The van der Waals surface area contributed by atoms with E-state index in [1.165, 1.54) is 0 Å². The molecule has 0 fully saturated rings. The Bertz CT molecular complexity index is 530. The Morgan fingerprint density at radius 3 is 2.76 bits per heavy atom. The lowest BCUT2D eigenvalue weighted by molar-refractivity contribution is 0.171. The van der Waals surface area contributed by atoms with Crippen molar-refractivity contribution in [1.82, 2.24) is 19.4 Å². The van der Waals surface area contributed by atoms with E-state index >= 15 is 0 Å². The van der Waals surface area contributed by atoms with Crippen LogP contribution in [0.15, 0.2) is 18.5 Å². The first-order valence-electron chi connectivity index (χ1n) is 5.55. The molecule has 0 saturated carbocycles. The first-order valence-corrected chi connectivity index (χ1v) is 5.93. The van der Waals surface area contributed by atoms with Gasteiger partial charge in [-0.1, -0.05) is 0 Å². The Morgan fingerprint density at radius 2 is 2.12 bits per heavy atom. The molecular formula is C12H17ClN4. The summed E-state index contributed by atoms with van der Waals surface area (Å²) in [5.74, 6) is 0. The molecule has 2 rings (SSSR count). The van der Waals surface area contributed by atoms with Crippen LogP contribution < -0.4 is 0 Å². The summed E-state index contributed by atoms with van der Waals surface area (Å²) >= 11 is 5.77. The Labute approximate surface area is 106 Å². The fraction of sp³-hybridized carbons (Fsp3) is 0.500. The predicted molar refractivity (Wildman–Crippen MR) is 70.3 cm³/mol. The van der Waals surface area contributed by atoms with Crippen LogP contribution in [0.5, 0.6) is 0 Å². The molecule has 0 saturated heterocycles. The first-order chi connectivity index (χ1) is 7.90. The Hall–Kier alpha value is -1.13. The van der Waals surface area contributed by atoms with Crippen molar-refractivity contribution >= 4 is 22.6 Å². The van der Waals surface area contributed by atoms with E-state index in [2.05, 4.69) is 47.4 Å². The Morgan fingerprint density at radius 1 is 1.41 bits per heavy atom. The number of hydrogen-bond acceptors (Lipinski definition) is 3. The molecule has 0 aromatic carbocycles. The summed E-state index contributed by atoms with van der Waals surface area (Å²) in [7, 11) is 4.16. The van der Waals surface area contributed by atoms with Crippen molar-refractivity contribution in [2.75, 3.05) is 14.1 Å². The van der Waals surface area contributed by atoms with Gasteiger partial charge in [0.15, 0.2) is 0 Å². The van der Waals surface area contributed by atoms with Crippen molar-refractivity contribution in [2.24, 2.45) is 0 Å². The SMILES string of the molecule is CN(C)C(C)(C)Cn1ccc2nc(Cl)ncc21. The highest BCUT2D eigenvalue weighted by molar-refractivity contribution is 6.28. The molecule has 2 aromatic rings. The highest BCUT2D eigenvalue weighted by Gasteiger charge is 2.21. The average molecular weight is 253 g/mol. The smallest absolute Gasteiger partial charge is 0.223 e. The molecule has 0 unspecified atom stereocenters. The van der Waals surface area contributed by atoms with E-state index in [9.17, 15) is 0 Å². The summed E-state index contributed by atoms with van der Waals surface area (Å²) < 4.78 is 2.16. The van der Waals surface area contributed by atoms with Crippen LogP contribution in [0, 0.1) is 0 Å². The van der Waals surface area contributed by atoms with Crippen molar-refractivity contribution in [3.63, 3.8) is 0 Å². The van der Waals surface area contributed by atoms with Gasteiger partial charge in [-0.3, -0.25) is 0 Å². The molecule has 0 N–H and O–H groups in total. The maximum atomic E-state index is 5.77. The number of likely N-dealkylation sites (N-methyl/N-ethyl adjacent to an activating group) is 1. The van der Waals surface area contributed by atoms with Gasteiger partial charge in [-0.15, -0.1) is 0 Å². The standard InChI is InChI=1S/C12H17ClN4/c1-12(2,16(3)4)8-17-6-5-9-10(17)7-14-11(13)15-9/h5-7H,8H2,1-4H3. The van der Waals surface area contributed by atoms with Crippen molar-refractivity contribution in [1.29, 1.82) is 0 Å². The van der Waals surface area contributed by atoms with Gasteiger partial charge in [-0.25, -0.2) is 9.97 Å². The van der Waals surface area contributed by atoms with E-state index in [-0.39, 0.29) is 5.54 Å². The van der Waals surface area contributed by atoms with Gasteiger partial charge in [0, 0.05) is 18.3 Å². The van der Waals surface area contributed by atoms with Crippen molar-refractivity contribution in [3.8, 4) is 0 Å². The minimum absolute atomic E-state index is 0.0750. The number of fused-ring (bicyclic) bond motifs is 1. The second kappa shape index (κ2) is 4.27. The molecule has 0 spiro atoms. The predicted octanol–water partition coefficient (Wildman–Crippen LogP) is 2.42. The number of aromatic nitrogens is 3. The van der Waals surface area contributed by atoms with E-state index in [0.717, 1.165) is 17.6 Å². The van der Waals surface area contributed by atoms with Crippen LogP contribution in [0.1, 0.15) is 13.8 Å². The number of nitrogens with zero attached hydrogens (tertiary/aromatic N) is 4. The first kappa shape index (κ1) is 12.3. The minimum atomic E-state index is 0.0750. The van der Waals surface area contributed by atoms with Crippen LogP contribution in [0.2, 0.25) is 5.28 Å². The molecule has 0 aliphatic rings. The number of hydrogen-bond donors (Lipinski definition) is 0. The van der Waals surface area contributed by atoms with Gasteiger partial charge in [0.1, 0.15) is 0 Å². The summed E-state index contributed by atoms with van der Waals surface area (Å²) in [6.07, 6.45) is 3.80. The van der Waals surface area contributed by atoms with Gasteiger partial charge >= 0.3 is 0 Å². The lowest BCUT2D eigenvalue weighted by atomic mass is 10.0. The number of halogens is 1.